The van der Waals surface area contributed by atoms with Crippen LogP contribution in [0.4, 0.5) is 24.5 Å². The Balaban J connectivity index is 2.05. The first-order valence-corrected chi connectivity index (χ1v) is 6.78. The second kappa shape index (κ2) is 7.03. The summed E-state index contributed by atoms with van der Waals surface area (Å²) in [5.74, 6) is -1.12. The summed E-state index contributed by atoms with van der Waals surface area (Å²) in [5, 5.41) is 5.09. The molecule has 0 unspecified atom stereocenters. The Labute approximate surface area is 135 Å². The lowest BCUT2D eigenvalue weighted by Crippen LogP contribution is -2.17. The molecule has 126 valence electrons. The first-order chi connectivity index (χ1) is 11.2. The summed E-state index contributed by atoms with van der Waals surface area (Å²) in [6.07, 6.45) is -4.77. The van der Waals surface area contributed by atoms with Gasteiger partial charge in [-0.3, -0.25) is 9.59 Å². The van der Waals surface area contributed by atoms with Crippen LogP contribution in [0.3, 0.4) is 0 Å². The average molecular weight is 338 g/mol. The maximum absolute atomic E-state index is 12.1. The van der Waals surface area contributed by atoms with Crippen LogP contribution >= 0.6 is 0 Å². The third kappa shape index (κ3) is 5.31. The molecule has 0 spiro atoms. The van der Waals surface area contributed by atoms with Crippen LogP contribution in [0.2, 0.25) is 0 Å². The number of hydrogen-bond donors (Lipinski definition) is 2. The number of hydrogen-bond acceptors (Lipinski definition) is 3. The van der Waals surface area contributed by atoms with Gasteiger partial charge in [0.25, 0.3) is 5.91 Å². The smallest absolute Gasteiger partial charge is 0.406 e. The molecule has 0 radical (unpaired) electrons. The number of amides is 2. The summed E-state index contributed by atoms with van der Waals surface area (Å²) in [5.41, 5.74) is 1.06. The minimum atomic E-state index is -4.77. The lowest BCUT2D eigenvalue weighted by Gasteiger charge is -2.10. The van der Waals surface area contributed by atoms with Gasteiger partial charge in [0.2, 0.25) is 5.91 Å². The van der Waals surface area contributed by atoms with E-state index in [4.69, 9.17) is 0 Å². The number of alkyl halides is 3. The molecule has 8 heteroatoms. The molecule has 0 fully saturated rings. The van der Waals surface area contributed by atoms with Crippen molar-refractivity contribution in [2.75, 3.05) is 10.6 Å². The molecular weight excluding hydrogens is 325 g/mol. The van der Waals surface area contributed by atoms with Crippen LogP contribution in [0.5, 0.6) is 5.75 Å². The first kappa shape index (κ1) is 17.3. The molecule has 2 amide bonds. The number of carbonyl (C=O) groups is 2. The van der Waals surface area contributed by atoms with Gasteiger partial charge < -0.3 is 15.4 Å². The zero-order valence-electron chi connectivity index (χ0n) is 12.5. The summed E-state index contributed by atoms with van der Waals surface area (Å²) in [6, 6.07) is 11.0. The Kier molecular flexibility index (Phi) is 5.08. The van der Waals surface area contributed by atoms with Crippen molar-refractivity contribution < 1.29 is 27.5 Å². The van der Waals surface area contributed by atoms with Crippen LogP contribution in [-0.4, -0.2) is 18.2 Å². The molecule has 0 saturated carbocycles. The normalized spacial score (nSPS) is 10.8. The van der Waals surface area contributed by atoms with Crippen LogP contribution in [0.15, 0.2) is 48.5 Å². The zero-order chi connectivity index (χ0) is 17.7. The predicted octanol–water partition coefficient (Wildman–Crippen LogP) is 3.80. The predicted molar refractivity (Wildman–Crippen MR) is 81.8 cm³/mol. The van der Waals surface area contributed by atoms with E-state index >= 15 is 0 Å². The molecule has 0 saturated heterocycles. The fourth-order valence-electron chi connectivity index (χ4n) is 1.88. The maximum atomic E-state index is 12.1. The van der Waals surface area contributed by atoms with Gasteiger partial charge >= 0.3 is 6.36 Å². The van der Waals surface area contributed by atoms with Crippen LogP contribution in [0.25, 0.3) is 0 Å². The van der Waals surface area contributed by atoms with Gasteiger partial charge in [-0.05, 0) is 42.5 Å². The largest absolute Gasteiger partial charge is 0.573 e. The van der Waals surface area contributed by atoms with Gasteiger partial charge in [-0.1, -0.05) is 6.07 Å². The van der Waals surface area contributed by atoms with Crippen molar-refractivity contribution in [2.45, 2.75) is 13.3 Å². The van der Waals surface area contributed by atoms with E-state index < -0.39 is 12.3 Å². The number of halogens is 3. The van der Waals surface area contributed by atoms with Crippen molar-refractivity contribution >= 4 is 23.2 Å². The van der Waals surface area contributed by atoms with E-state index in [1.54, 1.807) is 18.2 Å². The number of carbonyl (C=O) groups excluding carboxylic acids is 2. The molecule has 0 heterocycles. The maximum Gasteiger partial charge on any atom is 0.573 e. The highest BCUT2D eigenvalue weighted by atomic mass is 19.4. The molecule has 0 atom stereocenters. The Hall–Kier alpha value is -3.03. The SMILES string of the molecule is CC(=O)Nc1cccc(C(=O)Nc2ccc(OC(F)(F)F)cc2)c1. The minimum absolute atomic E-state index is 0.271. The Morgan fingerprint density at radius 3 is 2.21 bits per heavy atom. The summed E-state index contributed by atoms with van der Waals surface area (Å²) < 4.78 is 40.0. The summed E-state index contributed by atoms with van der Waals surface area (Å²) >= 11 is 0. The molecule has 0 aliphatic rings. The highest BCUT2D eigenvalue weighted by Gasteiger charge is 2.30. The fourth-order valence-corrected chi connectivity index (χ4v) is 1.88. The molecule has 0 bridgehead atoms. The van der Waals surface area contributed by atoms with Crippen LogP contribution in [-0.2, 0) is 4.79 Å². The molecule has 2 aromatic carbocycles. The number of nitrogens with one attached hydrogen (secondary N) is 2. The molecular formula is C16H13F3N2O3. The molecule has 0 aliphatic heterocycles. The Bertz CT molecular complexity index is 743. The van der Waals surface area contributed by atoms with Crippen molar-refractivity contribution in [2.24, 2.45) is 0 Å². The van der Waals surface area contributed by atoms with E-state index in [1.165, 1.54) is 25.1 Å². The van der Waals surface area contributed by atoms with Crippen LogP contribution in [0, 0.1) is 0 Å². The minimum Gasteiger partial charge on any atom is -0.406 e. The molecule has 0 aromatic heterocycles. The van der Waals surface area contributed by atoms with Crippen molar-refractivity contribution in [3.05, 3.63) is 54.1 Å². The third-order valence-electron chi connectivity index (χ3n) is 2.79. The third-order valence-corrected chi connectivity index (χ3v) is 2.79. The number of anilines is 2. The molecule has 0 aliphatic carbocycles. The van der Waals surface area contributed by atoms with Gasteiger partial charge in [0.05, 0.1) is 0 Å². The van der Waals surface area contributed by atoms with Crippen molar-refractivity contribution in [1.29, 1.82) is 0 Å². The highest BCUT2D eigenvalue weighted by Crippen LogP contribution is 2.24. The van der Waals surface area contributed by atoms with Crippen LogP contribution in [0.1, 0.15) is 17.3 Å². The van der Waals surface area contributed by atoms with E-state index in [-0.39, 0.29) is 17.2 Å². The van der Waals surface area contributed by atoms with Gasteiger partial charge in [0, 0.05) is 23.9 Å². The second-order valence-electron chi connectivity index (χ2n) is 4.79. The van der Waals surface area contributed by atoms with E-state index in [1.807, 2.05) is 0 Å². The molecule has 24 heavy (non-hydrogen) atoms. The van der Waals surface area contributed by atoms with Crippen molar-refractivity contribution in [3.8, 4) is 5.75 Å². The average Bonchev–Trinajstić information content (AvgIpc) is 2.47. The lowest BCUT2D eigenvalue weighted by molar-refractivity contribution is -0.274. The molecule has 5 nitrogen and oxygen atoms in total. The Morgan fingerprint density at radius 1 is 0.958 bits per heavy atom. The summed E-state index contributed by atoms with van der Waals surface area (Å²) in [7, 11) is 0. The molecule has 2 N–H and O–H groups in total. The van der Waals surface area contributed by atoms with Crippen molar-refractivity contribution in [3.63, 3.8) is 0 Å². The monoisotopic (exact) mass is 338 g/mol. The van der Waals surface area contributed by atoms with E-state index in [9.17, 15) is 22.8 Å². The van der Waals surface area contributed by atoms with Gasteiger partial charge in [-0.15, -0.1) is 13.2 Å². The number of ether oxygens (including phenoxy) is 1. The zero-order valence-corrected chi connectivity index (χ0v) is 12.5. The summed E-state index contributed by atoms with van der Waals surface area (Å²) in [4.78, 5) is 23.1. The van der Waals surface area contributed by atoms with Crippen molar-refractivity contribution in [1.82, 2.24) is 0 Å². The van der Waals surface area contributed by atoms with E-state index in [0.717, 1.165) is 12.1 Å². The van der Waals surface area contributed by atoms with Gasteiger partial charge in [-0.25, -0.2) is 0 Å². The molecule has 2 rings (SSSR count). The number of benzene rings is 2. The standard InChI is InChI=1S/C16H13F3N2O3/c1-10(22)20-13-4-2-3-11(9-13)15(23)21-12-5-7-14(8-6-12)24-16(17,18)19/h2-9H,1H3,(H,20,22)(H,21,23). The van der Waals surface area contributed by atoms with Crippen LogP contribution < -0.4 is 15.4 Å². The molecule has 2 aromatic rings. The topological polar surface area (TPSA) is 67.4 Å². The highest BCUT2D eigenvalue weighted by molar-refractivity contribution is 6.05. The second-order valence-corrected chi connectivity index (χ2v) is 4.79. The first-order valence-electron chi connectivity index (χ1n) is 6.78. The Morgan fingerprint density at radius 2 is 1.62 bits per heavy atom. The van der Waals surface area contributed by atoms with Gasteiger partial charge in [-0.2, -0.15) is 0 Å². The van der Waals surface area contributed by atoms with Gasteiger partial charge in [0.1, 0.15) is 5.75 Å². The fraction of sp³-hybridized carbons (Fsp3) is 0.125. The van der Waals surface area contributed by atoms with E-state index in [0.29, 0.717) is 11.4 Å². The summed E-state index contributed by atoms with van der Waals surface area (Å²) in [6.45, 7) is 1.34. The quantitative estimate of drug-likeness (QED) is 0.891. The number of rotatable bonds is 4. The van der Waals surface area contributed by atoms with E-state index in [2.05, 4.69) is 15.4 Å². The van der Waals surface area contributed by atoms with Gasteiger partial charge in [0.15, 0.2) is 0 Å². The lowest BCUT2D eigenvalue weighted by atomic mass is 10.2.